The fourth-order valence-corrected chi connectivity index (χ4v) is 2.94. The lowest BCUT2D eigenvalue weighted by atomic mass is 9.93. The van der Waals surface area contributed by atoms with Crippen molar-refractivity contribution in [3.8, 4) is 0 Å². The summed E-state index contributed by atoms with van der Waals surface area (Å²) in [6.07, 6.45) is 0.688. The summed E-state index contributed by atoms with van der Waals surface area (Å²) in [5.41, 5.74) is 3.59. The second kappa shape index (κ2) is 5.37. The minimum Gasteiger partial charge on any atom is -0.478 e. The van der Waals surface area contributed by atoms with Gasteiger partial charge in [0.2, 0.25) is 0 Å². The molecule has 0 aliphatic heterocycles. The molecule has 1 N–H and O–H groups in total. The van der Waals surface area contributed by atoms with Crippen LogP contribution in [0.25, 0.3) is 0 Å². The van der Waals surface area contributed by atoms with E-state index in [2.05, 4.69) is 31.1 Å². The molecule has 0 bridgehead atoms. The summed E-state index contributed by atoms with van der Waals surface area (Å²) < 4.78 is 0. The number of hydrogen-bond donors (Lipinski definition) is 1. The van der Waals surface area contributed by atoms with Gasteiger partial charge in [-0.2, -0.15) is 0 Å². The maximum atomic E-state index is 11.0. The van der Waals surface area contributed by atoms with Crippen LogP contribution in [0, 0.1) is 6.92 Å². The highest BCUT2D eigenvalue weighted by Gasteiger charge is 2.18. The quantitative estimate of drug-likeness (QED) is 0.927. The highest BCUT2D eigenvalue weighted by Crippen LogP contribution is 2.26. The van der Waals surface area contributed by atoms with E-state index in [-0.39, 0.29) is 5.41 Å². The predicted octanol–water partition coefficient (Wildman–Crippen LogP) is 4.04. The molecule has 0 aliphatic rings. The van der Waals surface area contributed by atoms with Crippen molar-refractivity contribution >= 4 is 17.3 Å². The third-order valence-electron chi connectivity index (χ3n) is 3.26. The van der Waals surface area contributed by atoms with E-state index < -0.39 is 5.97 Å². The van der Waals surface area contributed by atoms with E-state index in [1.54, 1.807) is 23.5 Å². The van der Waals surface area contributed by atoms with Gasteiger partial charge in [0.1, 0.15) is 0 Å². The van der Waals surface area contributed by atoms with Gasteiger partial charge in [-0.3, -0.25) is 0 Å². The van der Waals surface area contributed by atoms with Crippen molar-refractivity contribution in [3.63, 3.8) is 0 Å². The van der Waals surface area contributed by atoms with E-state index in [1.165, 1.54) is 0 Å². The van der Waals surface area contributed by atoms with Crippen molar-refractivity contribution in [3.05, 3.63) is 51.0 Å². The molecule has 0 amide bonds. The molecule has 0 aliphatic carbocycles. The summed E-state index contributed by atoms with van der Waals surface area (Å²) in [5, 5.41) is 12.2. The Kier molecular flexibility index (Phi) is 3.95. The molecule has 0 saturated heterocycles. The molecule has 0 saturated carbocycles. The molecule has 106 valence electrons. The Hall–Kier alpha value is -1.68. The van der Waals surface area contributed by atoms with E-state index in [0.29, 0.717) is 12.0 Å². The van der Waals surface area contributed by atoms with Crippen molar-refractivity contribution in [2.24, 2.45) is 0 Å². The summed E-state index contributed by atoms with van der Waals surface area (Å²) >= 11 is 1.64. The fraction of sp³-hybridized carbons (Fsp3) is 0.375. The number of hydrogen-bond acceptors (Lipinski definition) is 3. The molecule has 0 unspecified atom stereocenters. The second-order valence-corrected chi connectivity index (χ2v) is 6.94. The largest absolute Gasteiger partial charge is 0.478 e. The molecular weight excluding hydrogens is 270 g/mol. The highest BCUT2D eigenvalue weighted by atomic mass is 32.1. The van der Waals surface area contributed by atoms with Gasteiger partial charge in [-0.05, 0) is 30.2 Å². The van der Waals surface area contributed by atoms with Crippen LogP contribution < -0.4 is 0 Å². The molecule has 1 aromatic carbocycles. The zero-order valence-electron chi connectivity index (χ0n) is 12.2. The van der Waals surface area contributed by atoms with Crippen molar-refractivity contribution < 1.29 is 9.90 Å². The van der Waals surface area contributed by atoms with Gasteiger partial charge < -0.3 is 5.11 Å². The van der Waals surface area contributed by atoms with Gasteiger partial charge in [0.05, 0.1) is 16.3 Å². The molecule has 0 radical (unpaired) electrons. The van der Waals surface area contributed by atoms with E-state index in [9.17, 15) is 4.79 Å². The van der Waals surface area contributed by atoms with Gasteiger partial charge in [0.25, 0.3) is 0 Å². The van der Waals surface area contributed by atoms with Crippen LogP contribution in [-0.4, -0.2) is 16.1 Å². The zero-order valence-corrected chi connectivity index (χ0v) is 13.0. The van der Waals surface area contributed by atoms with Crippen LogP contribution in [0.3, 0.4) is 0 Å². The monoisotopic (exact) mass is 289 g/mol. The van der Waals surface area contributed by atoms with Crippen molar-refractivity contribution in [2.75, 3.05) is 0 Å². The number of aromatic carboxylic acids is 1. The van der Waals surface area contributed by atoms with E-state index in [0.717, 1.165) is 21.8 Å². The van der Waals surface area contributed by atoms with E-state index in [1.807, 2.05) is 13.0 Å². The minimum atomic E-state index is -0.888. The standard InChI is InChI=1S/C16H19NO2S/c1-10-5-6-11(15(18)19)7-12(10)8-14-17-13(9-20-14)16(2,3)4/h5-7,9H,8H2,1-4H3,(H,18,19). The van der Waals surface area contributed by atoms with Crippen LogP contribution >= 0.6 is 11.3 Å². The van der Waals surface area contributed by atoms with E-state index >= 15 is 0 Å². The minimum absolute atomic E-state index is 0.0483. The van der Waals surface area contributed by atoms with E-state index in [4.69, 9.17) is 5.11 Å². The molecule has 2 aromatic rings. The predicted molar refractivity (Wildman–Crippen MR) is 81.8 cm³/mol. The molecule has 3 nitrogen and oxygen atoms in total. The molecule has 4 heteroatoms. The zero-order chi connectivity index (χ0) is 14.9. The molecule has 0 spiro atoms. The number of benzene rings is 1. The first kappa shape index (κ1) is 14.7. The molecule has 2 rings (SSSR count). The maximum absolute atomic E-state index is 11.0. The van der Waals surface area contributed by atoms with Crippen LogP contribution in [0.2, 0.25) is 0 Å². The highest BCUT2D eigenvalue weighted by molar-refractivity contribution is 7.09. The Labute approximate surface area is 123 Å². The van der Waals surface area contributed by atoms with Crippen LogP contribution in [0.15, 0.2) is 23.6 Å². The lowest BCUT2D eigenvalue weighted by Crippen LogP contribution is -2.11. The molecule has 0 fully saturated rings. The van der Waals surface area contributed by atoms with Crippen LogP contribution in [0.5, 0.6) is 0 Å². The third-order valence-corrected chi connectivity index (χ3v) is 4.11. The second-order valence-electron chi connectivity index (χ2n) is 6.00. The first-order valence-electron chi connectivity index (χ1n) is 6.55. The average Bonchev–Trinajstić information content (AvgIpc) is 2.80. The number of thiazole rings is 1. The van der Waals surface area contributed by atoms with Crippen LogP contribution in [-0.2, 0) is 11.8 Å². The first-order chi connectivity index (χ1) is 9.27. The lowest BCUT2D eigenvalue weighted by Gasteiger charge is -2.14. The average molecular weight is 289 g/mol. The summed E-state index contributed by atoms with van der Waals surface area (Å²) in [6.45, 7) is 8.42. The van der Waals surface area contributed by atoms with Crippen molar-refractivity contribution in [1.82, 2.24) is 4.98 Å². The Morgan fingerprint density at radius 2 is 2.05 bits per heavy atom. The van der Waals surface area contributed by atoms with Crippen molar-refractivity contribution in [2.45, 2.75) is 39.5 Å². The smallest absolute Gasteiger partial charge is 0.335 e. The molecule has 1 aromatic heterocycles. The topological polar surface area (TPSA) is 50.2 Å². The molecule has 0 atom stereocenters. The Morgan fingerprint density at radius 3 is 2.60 bits per heavy atom. The van der Waals surface area contributed by atoms with Gasteiger partial charge in [0, 0.05) is 17.2 Å². The summed E-state index contributed by atoms with van der Waals surface area (Å²) in [7, 11) is 0. The fourth-order valence-electron chi connectivity index (χ4n) is 1.89. The summed E-state index contributed by atoms with van der Waals surface area (Å²) in [4.78, 5) is 15.7. The number of rotatable bonds is 3. The van der Waals surface area contributed by atoms with Gasteiger partial charge in [-0.15, -0.1) is 11.3 Å². The van der Waals surface area contributed by atoms with Gasteiger partial charge in [-0.25, -0.2) is 9.78 Å². The molecule has 20 heavy (non-hydrogen) atoms. The maximum Gasteiger partial charge on any atom is 0.335 e. The SMILES string of the molecule is Cc1ccc(C(=O)O)cc1Cc1nc(C(C)(C)C)cs1. The van der Waals surface area contributed by atoms with Gasteiger partial charge in [-0.1, -0.05) is 26.8 Å². The lowest BCUT2D eigenvalue weighted by molar-refractivity contribution is 0.0697. The number of aromatic nitrogens is 1. The number of aryl methyl sites for hydroxylation is 1. The first-order valence-corrected chi connectivity index (χ1v) is 7.43. The van der Waals surface area contributed by atoms with Gasteiger partial charge >= 0.3 is 5.97 Å². The Bertz CT molecular complexity index is 638. The van der Waals surface area contributed by atoms with Gasteiger partial charge in [0.15, 0.2) is 0 Å². The van der Waals surface area contributed by atoms with Crippen LogP contribution in [0.4, 0.5) is 0 Å². The molecular formula is C16H19NO2S. The summed E-state index contributed by atoms with van der Waals surface area (Å²) in [5.74, 6) is -0.888. The number of carboxylic acids is 1. The van der Waals surface area contributed by atoms with Crippen molar-refractivity contribution in [1.29, 1.82) is 0 Å². The number of nitrogens with zero attached hydrogens (tertiary/aromatic N) is 1. The Morgan fingerprint density at radius 1 is 1.35 bits per heavy atom. The summed E-state index contributed by atoms with van der Waals surface area (Å²) in [6, 6.07) is 5.25. The third kappa shape index (κ3) is 3.25. The van der Waals surface area contributed by atoms with Crippen LogP contribution in [0.1, 0.15) is 53.0 Å². The Balaban J connectivity index is 2.28. The normalized spacial score (nSPS) is 11.6. The molecule has 1 heterocycles. The number of carbonyl (C=O) groups is 1. The number of carboxylic acid groups (broad SMARTS) is 1.